The summed E-state index contributed by atoms with van der Waals surface area (Å²) in [6, 6.07) is 13.9. The van der Waals surface area contributed by atoms with E-state index >= 15 is 0 Å². The van der Waals surface area contributed by atoms with Crippen molar-refractivity contribution in [3.8, 4) is 5.75 Å². The van der Waals surface area contributed by atoms with Gasteiger partial charge in [0.05, 0.1) is 29.6 Å². The first-order chi connectivity index (χ1) is 16.2. The topological polar surface area (TPSA) is 85.3 Å². The molecule has 1 aliphatic rings. The van der Waals surface area contributed by atoms with Gasteiger partial charge in [0.2, 0.25) is 0 Å². The third kappa shape index (κ3) is 4.12. The number of carbonyl (C=O) groups excluding carboxylic acids is 1. The predicted molar refractivity (Wildman–Crippen MR) is 131 cm³/mol. The van der Waals surface area contributed by atoms with Crippen molar-refractivity contribution < 1.29 is 9.53 Å². The van der Waals surface area contributed by atoms with Gasteiger partial charge in [-0.3, -0.25) is 14.6 Å². The number of benzene rings is 1. The third-order valence-electron chi connectivity index (χ3n) is 6.16. The molecule has 0 bridgehead atoms. The van der Waals surface area contributed by atoms with Crippen molar-refractivity contribution >= 4 is 38.2 Å². The molecule has 3 aromatic heterocycles. The number of methoxy groups -OCH3 is 1. The lowest BCUT2D eigenvalue weighted by Gasteiger charge is -2.12. The van der Waals surface area contributed by atoms with Crippen molar-refractivity contribution in [2.75, 3.05) is 20.2 Å². The van der Waals surface area contributed by atoms with Gasteiger partial charge in [-0.25, -0.2) is 0 Å². The first-order valence-electron chi connectivity index (χ1n) is 11.2. The van der Waals surface area contributed by atoms with E-state index in [0.29, 0.717) is 35.1 Å². The van der Waals surface area contributed by atoms with Crippen LogP contribution in [0.5, 0.6) is 5.75 Å². The van der Waals surface area contributed by atoms with E-state index in [1.54, 1.807) is 10.8 Å². The van der Waals surface area contributed by atoms with Gasteiger partial charge in [-0.15, -0.1) is 11.3 Å². The summed E-state index contributed by atoms with van der Waals surface area (Å²) in [5.74, 6) is 0.141. The molecule has 1 atom stereocenters. The minimum absolute atomic E-state index is 0.184. The fourth-order valence-corrected chi connectivity index (χ4v) is 5.76. The summed E-state index contributed by atoms with van der Waals surface area (Å²) in [6.45, 7) is 1.96. The highest BCUT2D eigenvalue weighted by Gasteiger charge is 2.25. The van der Waals surface area contributed by atoms with Crippen molar-refractivity contribution in [1.82, 2.24) is 20.2 Å². The zero-order chi connectivity index (χ0) is 22.8. The van der Waals surface area contributed by atoms with E-state index in [-0.39, 0.29) is 11.5 Å². The van der Waals surface area contributed by atoms with E-state index in [9.17, 15) is 9.59 Å². The molecule has 1 saturated heterocycles. The van der Waals surface area contributed by atoms with Crippen LogP contribution in [0.2, 0.25) is 0 Å². The highest BCUT2D eigenvalue weighted by Crippen LogP contribution is 2.39. The molecular formula is C25H26N4O3S. The largest absolute Gasteiger partial charge is 0.494 e. The minimum Gasteiger partial charge on any atom is -0.494 e. The average Bonchev–Trinajstić information content (AvgIpc) is 3.50. The van der Waals surface area contributed by atoms with Gasteiger partial charge >= 0.3 is 0 Å². The normalized spacial score (nSPS) is 15.8. The van der Waals surface area contributed by atoms with Gasteiger partial charge < -0.3 is 19.9 Å². The Labute approximate surface area is 195 Å². The highest BCUT2D eigenvalue weighted by molar-refractivity contribution is 7.22. The van der Waals surface area contributed by atoms with Gasteiger partial charge in [-0.1, -0.05) is 24.3 Å². The molecule has 1 unspecified atom stereocenters. The highest BCUT2D eigenvalue weighted by atomic mass is 32.1. The molecule has 0 spiro atoms. The molecule has 4 heterocycles. The van der Waals surface area contributed by atoms with Crippen molar-refractivity contribution in [2.45, 2.75) is 31.8 Å². The molecule has 4 aromatic rings. The number of hydrogen-bond acceptors (Lipinski definition) is 6. The van der Waals surface area contributed by atoms with Gasteiger partial charge in [0.15, 0.2) is 5.75 Å². The maximum Gasteiger partial charge on any atom is 0.265 e. The molecule has 5 rings (SSSR count). The van der Waals surface area contributed by atoms with Gasteiger partial charge in [0.25, 0.3) is 11.5 Å². The monoisotopic (exact) mass is 462 g/mol. The lowest BCUT2D eigenvalue weighted by atomic mass is 10.1. The summed E-state index contributed by atoms with van der Waals surface area (Å²) >= 11 is 1.32. The zero-order valence-electron chi connectivity index (χ0n) is 18.5. The Morgan fingerprint density at radius 3 is 2.88 bits per heavy atom. The average molecular weight is 463 g/mol. The number of pyridine rings is 2. The van der Waals surface area contributed by atoms with Gasteiger partial charge in [0.1, 0.15) is 10.3 Å². The molecular weight excluding hydrogens is 436 g/mol. The molecule has 1 aliphatic heterocycles. The van der Waals surface area contributed by atoms with E-state index in [1.807, 2.05) is 42.5 Å². The summed E-state index contributed by atoms with van der Waals surface area (Å²) in [7, 11) is 1.51. The number of carbonyl (C=O) groups is 1. The number of nitrogens with one attached hydrogen (secondary N) is 2. The fraction of sp³-hybridized carbons (Fsp3) is 0.320. The van der Waals surface area contributed by atoms with Crippen LogP contribution in [0.15, 0.2) is 53.5 Å². The number of rotatable bonds is 7. The molecule has 2 N–H and O–H groups in total. The first kappa shape index (κ1) is 21.6. The number of para-hydroxylation sites is 1. The second-order valence-electron chi connectivity index (χ2n) is 8.24. The standard InChI is InChI=1S/C25H26N4O3S/c1-32-21-20-22(33-23(21)24(30)28-14-11-16-8-6-13-26-16)18-9-2-3-10-19(18)29(25(20)31)15-17-7-4-5-12-27-17/h2-5,7,9-10,12,16,26H,6,8,11,13-15H2,1H3,(H,28,30). The molecule has 33 heavy (non-hydrogen) atoms. The molecule has 1 aromatic carbocycles. The molecule has 0 radical (unpaired) electrons. The van der Waals surface area contributed by atoms with Crippen LogP contribution in [-0.4, -0.2) is 41.7 Å². The summed E-state index contributed by atoms with van der Waals surface area (Å²) in [5, 5.41) is 7.82. The van der Waals surface area contributed by atoms with Crippen molar-refractivity contribution in [2.24, 2.45) is 0 Å². The molecule has 0 saturated carbocycles. The Bertz CT molecular complexity index is 1360. The smallest absolute Gasteiger partial charge is 0.265 e. The SMILES string of the molecule is COc1c(C(=O)NCCC2CCCN2)sc2c1c(=O)n(Cc1ccccn1)c1ccccc21. The summed E-state index contributed by atoms with van der Waals surface area (Å²) in [6.07, 6.45) is 4.93. The number of fused-ring (bicyclic) bond motifs is 3. The molecule has 0 aliphatic carbocycles. The van der Waals surface area contributed by atoms with E-state index in [2.05, 4.69) is 15.6 Å². The number of aromatic nitrogens is 2. The summed E-state index contributed by atoms with van der Waals surface area (Å²) in [4.78, 5) is 31.6. The van der Waals surface area contributed by atoms with Crippen LogP contribution in [0.4, 0.5) is 0 Å². The lowest BCUT2D eigenvalue weighted by molar-refractivity contribution is 0.0954. The Balaban J connectivity index is 1.57. The van der Waals surface area contributed by atoms with Crippen molar-refractivity contribution in [3.05, 3.63) is 69.6 Å². The van der Waals surface area contributed by atoms with Crippen LogP contribution < -0.4 is 20.9 Å². The van der Waals surface area contributed by atoms with Crippen LogP contribution in [-0.2, 0) is 6.54 Å². The maximum absolute atomic E-state index is 13.7. The zero-order valence-corrected chi connectivity index (χ0v) is 19.3. The fourth-order valence-electron chi connectivity index (χ4n) is 4.54. The van der Waals surface area contributed by atoms with Gasteiger partial charge in [0, 0.05) is 24.2 Å². The predicted octanol–water partition coefficient (Wildman–Crippen LogP) is 3.54. The first-order valence-corrected chi connectivity index (χ1v) is 12.0. The number of thiophene rings is 1. The third-order valence-corrected chi connectivity index (χ3v) is 7.36. The Hall–Kier alpha value is -3.23. The number of ether oxygens (including phenoxy) is 1. The van der Waals surface area contributed by atoms with Crippen LogP contribution in [0.25, 0.3) is 21.0 Å². The van der Waals surface area contributed by atoms with Crippen LogP contribution in [0.3, 0.4) is 0 Å². The Morgan fingerprint density at radius 2 is 2.12 bits per heavy atom. The van der Waals surface area contributed by atoms with Crippen molar-refractivity contribution in [1.29, 1.82) is 0 Å². The van der Waals surface area contributed by atoms with Crippen molar-refractivity contribution in [3.63, 3.8) is 0 Å². The second kappa shape index (κ2) is 9.33. The molecule has 7 nitrogen and oxygen atoms in total. The molecule has 170 valence electrons. The molecule has 1 amide bonds. The van der Waals surface area contributed by atoms with Crippen LogP contribution >= 0.6 is 11.3 Å². The van der Waals surface area contributed by atoms with Crippen LogP contribution in [0.1, 0.15) is 34.6 Å². The maximum atomic E-state index is 13.7. The summed E-state index contributed by atoms with van der Waals surface area (Å²) in [5.41, 5.74) is 1.41. The summed E-state index contributed by atoms with van der Waals surface area (Å²) < 4.78 is 8.12. The Morgan fingerprint density at radius 1 is 1.27 bits per heavy atom. The lowest BCUT2D eigenvalue weighted by Crippen LogP contribution is -2.30. The van der Waals surface area contributed by atoms with E-state index < -0.39 is 0 Å². The van der Waals surface area contributed by atoms with E-state index in [1.165, 1.54) is 24.9 Å². The van der Waals surface area contributed by atoms with E-state index in [0.717, 1.165) is 40.7 Å². The molecule has 8 heteroatoms. The quantitative estimate of drug-likeness (QED) is 0.439. The van der Waals surface area contributed by atoms with E-state index in [4.69, 9.17) is 4.74 Å². The number of hydrogen-bond donors (Lipinski definition) is 2. The van der Waals surface area contributed by atoms with Gasteiger partial charge in [-0.05, 0) is 44.0 Å². The second-order valence-corrected chi connectivity index (χ2v) is 9.26. The molecule has 1 fully saturated rings. The Kier molecular flexibility index (Phi) is 6.11. The number of nitrogens with zero attached hydrogens (tertiary/aromatic N) is 2. The van der Waals surface area contributed by atoms with Gasteiger partial charge in [-0.2, -0.15) is 0 Å². The van der Waals surface area contributed by atoms with Crippen LogP contribution in [0, 0.1) is 0 Å². The minimum atomic E-state index is -0.203. The number of amides is 1.